The predicted octanol–water partition coefficient (Wildman–Crippen LogP) is 6.28. The third-order valence-electron chi connectivity index (χ3n) is 17.1. The van der Waals surface area contributed by atoms with Crippen LogP contribution in [0.25, 0.3) is 0 Å². The molecule has 3 saturated heterocycles. The molecule has 0 radical (unpaired) electrons. The third-order valence-corrected chi connectivity index (χ3v) is 17.1. The normalized spacial score (nSPS) is 49.8. The number of hydrogen-bond acceptors (Lipinski definition) is 7. The molecule has 0 aromatic heterocycles. The van der Waals surface area contributed by atoms with Crippen molar-refractivity contribution in [3.63, 3.8) is 0 Å². The molecule has 14 unspecified atom stereocenters. The lowest BCUT2D eigenvalue weighted by Gasteiger charge is -2.60. The lowest BCUT2D eigenvalue weighted by molar-refractivity contribution is -0.247. The first-order chi connectivity index (χ1) is 23.2. The van der Waals surface area contributed by atoms with Crippen LogP contribution in [0.15, 0.2) is 0 Å². The summed E-state index contributed by atoms with van der Waals surface area (Å²) in [5.74, 6) is 3.87. The van der Waals surface area contributed by atoms with Gasteiger partial charge in [0.25, 0.3) is 0 Å². The summed E-state index contributed by atoms with van der Waals surface area (Å²) >= 11 is 0. The van der Waals surface area contributed by atoms with E-state index in [0.29, 0.717) is 47.8 Å². The van der Waals surface area contributed by atoms with Crippen LogP contribution in [0.5, 0.6) is 0 Å². The topological polar surface area (TPSA) is 80.7 Å². The molecule has 49 heavy (non-hydrogen) atoms. The van der Waals surface area contributed by atoms with Crippen molar-refractivity contribution in [3.05, 3.63) is 0 Å². The third kappa shape index (κ3) is 4.98. The number of morpholine rings is 1. The molecule has 8 nitrogen and oxygen atoms in total. The Morgan fingerprint density at radius 1 is 0.959 bits per heavy atom. The molecule has 14 atom stereocenters. The van der Waals surface area contributed by atoms with Crippen molar-refractivity contribution in [1.82, 2.24) is 9.80 Å². The van der Waals surface area contributed by atoms with Gasteiger partial charge < -0.3 is 29.0 Å². The van der Waals surface area contributed by atoms with Crippen molar-refractivity contribution in [2.24, 2.45) is 51.2 Å². The van der Waals surface area contributed by atoms with Gasteiger partial charge in [0.2, 0.25) is 5.91 Å². The van der Waals surface area contributed by atoms with E-state index in [-0.39, 0.29) is 48.1 Å². The van der Waals surface area contributed by atoms with Gasteiger partial charge in [0.15, 0.2) is 6.29 Å². The number of carbonyl (C=O) groups excluding carboxylic acids is 1. The van der Waals surface area contributed by atoms with E-state index >= 15 is 0 Å². The second-order valence-corrected chi connectivity index (χ2v) is 19.3. The lowest BCUT2D eigenvalue weighted by atomic mass is 9.46. The summed E-state index contributed by atoms with van der Waals surface area (Å²) in [6, 6.07) is -0.0136. The van der Waals surface area contributed by atoms with Crippen molar-refractivity contribution in [3.8, 4) is 0 Å². The van der Waals surface area contributed by atoms with Crippen LogP contribution >= 0.6 is 0 Å². The number of nitrogens with zero attached hydrogens (tertiary/aromatic N) is 2. The highest BCUT2D eigenvalue weighted by atomic mass is 16.7. The molecular weight excluding hydrogens is 616 g/mol. The largest absolute Gasteiger partial charge is 0.388 e. The molecule has 3 aliphatic heterocycles. The number of likely N-dealkylation sites (tertiary alicyclic amines) is 1. The quantitative estimate of drug-likeness (QED) is 0.323. The van der Waals surface area contributed by atoms with E-state index < -0.39 is 5.60 Å². The van der Waals surface area contributed by atoms with Crippen molar-refractivity contribution in [1.29, 1.82) is 0 Å². The summed E-state index contributed by atoms with van der Waals surface area (Å²) in [7, 11) is 0. The molecule has 0 aromatic rings. The molecule has 1 amide bonds. The minimum absolute atomic E-state index is 0.0136. The average molecular weight is 685 g/mol. The number of fused-ring (bicyclic) bond motifs is 4. The van der Waals surface area contributed by atoms with Gasteiger partial charge in [-0.1, -0.05) is 27.7 Å². The summed E-state index contributed by atoms with van der Waals surface area (Å²) in [5, 5.41) is 11.0. The van der Waals surface area contributed by atoms with E-state index in [9.17, 15) is 9.90 Å². The molecule has 0 aromatic carbocycles. The monoisotopic (exact) mass is 685 g/mol. The van der Waals surface area contributed by atoms with Crippen LogP contribution in [-0.4, -0.2) is 103 Å². The second kappa shape index (κ2) is 12.1. The van der Waals surface area contributed by atoms with Crippen molar-refractivity contribution >= 4 is 5.91 Å². The minimum atomic E-state index is -0.912. The van der Waals surface area contributed by atoms with E-state index in [4.69, 9.17) is 18.9 Å². The van der Waals surface area contributed by atoms with Crippen molar-refractivity contribution in [2.45, 2.75) is 162 Å². The molecular formula is C41H68N2O6. The first-order valence-corrected chi connectivity index (χ1v) is 20.5. The van der Waals surface area contributed by atoms with Gasteiger partial charge in [0.05, 0.1) is 43.1 Å². The molecule has 5 saturated carbocycles. The van der Waals surface area contributed by atoms with Crippen LogP contribution in [0, 0.1) is 51.2 Å². The lowest BCUT2D eigenvalue weighted by Crippen LogP contribution is -2.57. The standard InChI is InChI=1S/C41H68N2O6/c1-9-42-20-16-29(36(42)44)43-21-22-47-34(24-43)49-33-15-17-41-25(3)40(41)19-18-39(8)27-11-13-30(35(46-10-2)38(6,7)45)48-31(27)23-28(39)26(40)12-14-32(41)37(33,4)5/h25-35,45H,9-24H2,1-8H3. The fourth-order valence-corrected chi connectivity index (χ4v) is 15.0. The summed E-state index contributed by atoms with van der Waals surface area (Å²) < 4.78 is 26.4. The Balaban J connectivity index is 0.966. The zero-order valence-electron chi connectivity index (χ0n) is 32.0. The maximum absolute atomic E-state index is 13.0. The van der Waals surface area contributed by atoms with Gasteiger partial charge in [-0.25, -0.2) is 0 Å². The van der Waals surface area contributed by atoms with Crippen LogP contribution in [0.3, 0.4) is 0 Å². The summed E-state index contributed by atoms with van der Waals surface area (Å²) in [5.41, 5.74) is 0.415. The number of carbonyl (C=O) groups is 1. The van der Waals surface area contributed by atoms with Crippen molar-refractivity contribution < 1.29 is 28.8 Å². The molecule has 2 spiro atoms. The van der Waals surface area contributed by atoms with Crippen molar-refractivity contribution in [2.75, 3.05) is 39.4 Å². The Kier molecular flexibility index (Phi) is 8.73. The number of aliphatic hydroxyl groups is 1. The summed E-state index contributed by atoms with van der Waals surface area (Å²) in [4.78, 5) is 17.4. The van der Waals surface area contributed by atoms with E-state index in [2.05, 4.69) is 39.5 Å². The molecule has 8 aliphatic rings. The maximum atomic E-state index is 13.0. The van der Waals surface area contributed by atoms with Crippen LogP contribution in [0.1, 0.15) is 120 Å². The highest BCUT2D eigenvalue weighted by Gasteiger charge is 2.84. The number of amides is 1. The van der Waals surface area contributed by atoms with Gasteiger partial charge in [0.1, 0.15) is 6.10 Å². The van der Waals surface area contributed by atoms with Crippen LogP contribution in [0.4, 0.5) is 0 Å². The van der Waals surface area contributed by atoms with Gasteiger partial charge in [-0.2, -0.15) is 0 Å². The number of likely N-dealkylation sites (N-methyl/N-ethyl adjacent to an activating group) is 1. The molecule has 5 aliphatic carbocycles. The zero-order valence-corrected chi connectivity index (χ0v) is 32.0. The number of ether oxygens (including phenoxy) is 4. The van der Waals surface area contributed by atoms with Gasteiger partial charge in [0, 0.05) is 26.2 Å². The molecule has 3 heterocycles. The van der Waals surface area contributed by atoms with Crippen LogP contribution < -0.4 is 0 Å². The van der Waals surface area contributed by atoms with E-state index in [1.165, 1.54) is 44.9 Å². The van der Waals surface area contributed by atoms with Gasteiger partial charge in [-0.15, -0.1) is 0 Å². The van der Waals surface area contributed by atoms with Gasteiger partial charge >= 0.3 is 0 Å². The van der Waals surface area contributed by atoms with Crippen LogP contribution in [0.2, 0.25) is 0 Å². The van der Waals surface area contributed by atoms with Crippen LogP contribution in [-0.2, 0) is 23.7 Å². The summed E-state index contributed by atoms with van der Waals surface area (Å²) in [6.45, 7) is 22.6. The fourth-order valence-electron chi connectivity index (χ4n) is 15.0. The van der Waals surface area contributed by atoms with E-state index in [1.54, 1.807) is 0 Å². The molecule has 278 valence electrons. The number of hydrogen-bond donors (Lipinski definition) is 1. The molecule has 8 heteroatoms. The smallest absolute Gasteiger partial charge is 0.239 e. The Bertz CT molecular complexity index is 1270. The second-order valence-electron chi connectivity index (χ2n) is 19.3. The Morgan fingerprint density at radius 3 is 2.45 bits per heavy atom. The Labute approximate surface area is 296 Å². The average Bonchev–Trinajstić information content (AvgIpc) is 3.27. The van der Waals surface area contributed by atoms with E-state index in [0.717, 1.165) is 56.7 Å². The molecule has 0 bridgehead atoms. The molecule has 1 N–H and O–H groups in total. The zero-order chi connectivity index (χ0) is 34.7. The highest BCUT2D eigenvalue weighted by molar-refractivity contribution is 5.84. The SMILES string of the molecule is CCOC(C1CCC2C(CC3C4CCC5C(C)(C)C(OC6CN(C7CCN(CC)C7=O)CCO6)CCC56C(C)C46CCC23C)O1)C(C)(C)O. The maximum Gasteiger partial charge on any atom is 0.239 e. The Morgan fingerprint density at radius 2 is 1.73 bits per heavy atom. The fraction of sp³-hybridized carbons (Fsp3) is 0.976. The summed E-state index contributed by atoms with van der Waals surface area (Å²) in [6.07, 6.45) is 12.0. The minimum Gasteiger partial charge on any atom is -0.388 e. The van der Waals surface area contributed by atoms with Gasteiger partial charge in [-0.05, 0) is 143 Å². The first-order valence-electron chi connectivity index (χ1n) is 20.5. The van der Waals surface area contributed by atoms with Gasteiger partial charge in [-0.3, -0.25) is 9.69 Å². The Hall–Kier alpha value is -0.770. The highest BCUT2D eigenvalue weighted by Crippen LogP contribution is 2.89. The first kappa shape index (κ1) is 35.3. The molecule has 8 fully saturated rings. The van der Waals surface area contributed by atoms with E-state index in [1.807, 2.05) is 25.7 Å². The predicted molar refractivity (Wildman–Crippen MR) is 189 cm³/mol. The molecule has 8 rings (SSSR count). The number of rotatable bonds is 8.